The summed E-state index contributed by atoms with van der Waals surface area (Å²) in [5.74, 6) is -1.41. The van der Waals surface area contributed by atoms with Crippen molar-refractivity contribution in [3.63, 3.8) is 0 Å². The third kappa shape index (κ3) is 6.26. The van der Waals surface area contributed by atoms with E-state index >= 15 is 0 Å². The highest BCUT2D eigenvalue weighted by Gasteiger charge is 2.19. The lowest BCUT2D eigenvalue weighted by molar-refractivity contribution is -0.143. The molecule has 0 aromatic heterocycles. The van der Waals surface area contributed by atoms with Crippen molar-refractivity contribution >= 4 is 11.9 Å². The van der Waals surface area contributed by atoms with Crippen molar-refractivity contribution in [3.8, 4) is 0 Å². The van der Waals surface area contributed by atoms with E-state index in [0.29, 0.717) is 19.4 Å². The number of nitrogens with zero attached hydrogens (tertiary/aromatic N) is 1. The summed E-state index contributed by atoms with van der Waals surface area (Å²) in [4.78, 5) is 24.1. The normalized spacial score (nSPS) is 14.1. The first-order valence-corrected chi connectivity index (χ1v) is 5.95. The summed E-state index contributed by atoms with van der Waals surface area (Å²) < 4.78 is 5.07. The maximum atomic E-state index is 11.8. The molecular weight excluding hydrogens is 222 g/mol. The minimum Gasteiger partial charge on any atom is -0.481 e. The van der Waals surface area contributed by atoms with Gasteiger partial charge >= 0.3 is 5.97 Å². The fraction of sp³-hybridized carbons (Fsp3) is 0.833. The second kappa shape index (κ2) is 8.06. The topological polar surface area (TPSA) is 66.8 Å². The molecule has 0 aliphatic heterocycles. The molecule has 0 fully saturated rings. The largest absolute Gasteiger partial charge is 0.481 e. The zero-order valence-corrected chi connectivity index (χ0v) is 11.1. The third-order valence-corrected chi connectivity index (χ3v) is 2.82. The van der Waals surface area contributed by atoms with E-state index in [0.717, 1.165) is 0 Å². The predicted octanol–water partition coefficient (Wildman–Crippen LogP) is 1.37. The van der Waals surface area contributed by atoms with Crippen LogP contribution in [-0.4, -0.2) is 48.2 Å². The summed E-state index contributed by atoms with van der Waals surface area (Å²) in [7, 11) is 1.61. The van der Waals surface area contributed by atoms with Crippen LogP contribution in [0.2, 0.25) is 0 Å². The molecule has 0 saturated heterocycles. The zero-order chi connectivity index (χ0) is 13.4. The third-order valence-electron chi connectivity index (χ3n) is 2.82. The molecule has 0 aromatic rings. The van der Waals surface area contributed by atoms with Crippen molar-refractivity contribution in [2.75, 3.05) is 20.2 Å². The van der Waals surface area contributed by atoms with E-state index < -0.39 is 11.9 Å². The number of carboxylic acids is 1. The Kier molecular flexibility index (Phi) is 7.54. The summed E-state index contributed by atoms with van der Waals surface area (Å²) in [6, 6.07) is 0. The van der Waals surface area contributed by atoms with Gasteiger partial charge in [-0.3, -0.25) is 9.59 Å². The summed E-state index contributed by atoms with van der Waals surface area (Å²) in [5.41, 5.74) is 0. The van der Waals surface area contributed by atoms with Gasteiger partial charge in [-0.2, -0.15) is 0 Å². The number of hydrogen-bond donors (Lipinski definition) is 1. The molecule has 2 unspecified atom stereocenters. The molecule has 5 heteroatoms. The number of aliphatic carboxylic acids is 1. The van der Waals surface area contributed by atoms with E-state index in [1.807, 2.05) is 13.8 Å². The lowest BCUT2D eigenvalue weighted by Crippen LogP contribution is -2.37. The van der Waals surface area contributed by atoms with E-state index in [1.54, 1.807) is 18.9 Å². The van der Waals surface area contributed by atoms with Crippen molar-refractivity contribution in [1.29, 1.82) is 0 Å². The Morgan fingerprint density at radius 2 is 1.94 bits per heavy atom. The molecule has 0 spiro atoms. The van der Waals surface area contributed by atoms with E-state index in [4.69, 9.17) is 9.84 Å². The number of amides is 1. The molecule has 0 rings (SSSR count). The molecule has 5 nitrogen and oxygen atoms in total. The smallest absolute Gasteiger partial charge is 0.308 e. The predicted molar refractivity (Wildman–Crippen MR) is 64.8 cm³/mol. The van der Waals surface area contributed by atoms with Crippen LogP contribution >= 0.6 is 0 Å². The van der Waals surface area contributed by atoms with E-state index in [2.05, 4.69) is 0 Å². The Balaban J connectivity index is 4.17. The lowest BCUT2D eigenvalue weighted by Gasteiger charge is -2.23. The lowest BCUT2D eigenvalue weighted by atomic mass is 10.1. The molecule has 1 N–H and O–H groups in total. The highest BCUT2D eigenvalue weighted by Crippen LogP contribution is 2.07. The highest BCUT2D eigenvalue weighted by atomic mass is 16.5. The number of methoxy groups -OCH3 is 1. The molecule has 0 aromatic carbocycles. The van der Waals surface area contributed by atoms with Crippen molar-refractivity contribution in [2.24, 2.45) is 5.92 Å². The Bertz CT molecular complexity index is 255. The fourth-order valence-corrected chi connectivity index (χ4v) is 1.42. The fourth-order valence-electron chi connectivity index (χ4n) is 1.42. The van der Waals surface area contributed by atoms with Gasteiger partial charge in [0.25, 0.3) is 0 Å². The van der Waals surface area contributed by atoms with Gasteiger partial charge in [0.1, 0.15) is 0 Å². The van der Waals surface area contributed by atoms with Gasteiger partial charge in [-0.05, 0) is 20.3 Å². The molecule has 0 aliphatic carbocycles. The first-order chi connectivity index (χ1) is 7.92. The van der Waals surface area contributed by atoms with Crippen molar-refractivity contribution in [3.05, 3.63) is 0 Å². The number of carbonyl (C=O) groups excluding carboxylic acids is 1. The van der Waals surface area contributed by atoms with Crippen LogP contribution in [0.3, 0.4) is 0 Å². The van der Waals surface area contributed by atoms with Crippen molar-refractivity contribution in [1.82, 2.24) is 4.90 Å². The molecule has 0 bridgehead atoms. The summed E-state index contributed by atoms with van der Waals surface area (Å²) in [5, 5.41) is 8.81. The average Bonchev–Trinajstić information content (AvgIpc) is 2.31. The molecule has 1 amide bonds. The van der Waals surface area contributed by atoms with Gasteiger partial charge in [-0.15, -0.1) is 0 Å². The molecule has 100 valence electrons. The van der Waals surface area contributed by atoms with E-state index in [-0.39, 0.29) is 18.6 Å². The molecule has 0 radical (unpaired) electrons. The van der Waals surface area contributed by atoms with Crippen LogP contribution in [0, 0.1) is 5.92 Å². The van der Waals surface area contributed by atoms with Gasteiger partial charge in [-0.1, -0.05) is 6.92 Å². The second-order valence-corrected chi connectivity index (χ2v) is 4.26. The van der Waals surface area contributed by atoms with Crippen LogP contribution in [0.4, 0.5) is 0 Å². The summed E-state index contributed by atoms with van der Waals surface area (Å²) >= 11 is 0. The SMILES string of the molecule is CCN(CC(C)C(=O)O)C(=O)CCC(C)OC. The molecule has 17 heavy (non-hydrogen) atoms. The highest BCUT2D eigenvalue weighted by molar-refractivity contribution is 5.77. The maximum Gasteiger partial charge on any atom is 0.308 e. The van der Waals surface area contributed by atoms with Gasteiger partial charge in [0, 0.05) is 26.6 Å². The van der Waals surface area contributed by atoms with E-state index in [1.165, 1.54) is 0 Å². The summed E-state index contributed by atoms with van der Waals surface area (Å²) in [6.07, 6.45) is 1.11. The van der Waals surface area contributed by atoms with Crippen LogP contribution in [0.1, 0.15) is 33.6 Å². The second-order valence-electron chi connectivity index (χ2n) is 4.26. The quantitative estimate of drug-likeness (QED) is 0.701. The Morgan fingerprint density at radius 1 is 1.35 bits per heavy atom. The first-order valence-electron chi connectivity index (χ1n) is 5.95. The van der Waals surface area contributed by atoms with Gasteiger partial charge in [-0.25, -0.2) is 0 Å². The first kappa shape index (κ1) is 15.9. The maximum absolute atomic E-state index is 11.8. The van der Waals surface area contributed by atoms with E-state index in [9.17, 15) is 9.59 Å². The zero-order valence-electron chi connectivity index (χ0n) is 11.1. The number of carboxylic acid groups (broad SMARTS) is 1. The van der Waals surface area contributed by atoms with Crippen LogP contribution in [0.15, 0.2) is 0 Å². The minimum atomic E-state index is -0.874. The number of hydrogen-bond acceptors (Lipinski definition) is 3. The Labute approximate surface area is 103 Å². The molecule has 0 saturated carbocycles. The minimum absolute atomic E-state index is 0.00972. The van der Waals surface area contributed by atoms with Gasteiger partial charge in [0.15, 0.2) is 0 Å². The van der Waals surface area contributed by atoms with Crippen LogP contribution in [0.5, 0.6) is 0 Å². The van der Waals surface area contributed by atoms with Crippen LogP contribution < -0.4 is 0 Å². The van der Waals surface area contributed by atoms with Gasteiger partial charge < -0.3 is 14.7 Å². The molecular formula is C12H23NO4. The number of rotatable bonds is 8. The number of ether oxygens (including phenoxy) is 1. The number of carbonyl (C=O) groups is 2. The van der Waals surface area contributed by atoms with Crippen LogP contribution in [0.25, 0.3) is 0 Å². The molecule has 0 aliphatic rings. The van der Waals surface area contributed by atoms with Crippen molar-refractivity contribution < 1.29 is 19.4 Å². The Morgan fingerprint density at radius 3 is 2.35 bits per heavy atom. The van der Waals surface area contributed by atoms with Crippen molar-refractivity contribution in [2.45, 2.75) is 39.7 Å². The van der Waals surface area contributed by atoms with Gasteiger partial charge in [0.2, 0.25) is 5.91 Å². The standard InChI is InChI=1S/C12H23NO4/c1-5-13(8-9(2)12(15)16)11(14)7-6-10(3)17-4/h9-10H,5-8H2,1-4H3,(H,15,16). The molecule has 0 heterocycles. The average molecular weight is 245 g/mol. The monoisotopic (exact) mass is 245 g/mol. The Hall–Kier alpha value is -1.10. The van der Waals surface area contributed by atoms with Crippen LogP contribution in [-0.2, 0) is 14.3 Å². The summed E-state index contributed by atoms with van der Waals surface area (Å²) in [6.45, 7) is 6.18. The van der Waals surface area contributed by atoms with Gasteiger partial charge in [0.05, 0.1) is 12.0 Å². The molecule has 2 atom stereocenters.